The molecule has 3 saturated heterocycles. The number of ether oxygens (including phenoxy) is 7. The molecule has 12 atom stereocenters. The summed E-state index contributed by atoms with van der Waals surface area (Å²) in [4.78, 5) is 61.9. The average Bonchev–Trinajstić information content (AvgIpc) is 3.62. The van der Waals surface area contributed by atoms with Crippen LogP contribution in [0.15, 0.2) is 65.9 Å². The minimum atomic E-state index is -2.44. The summed E-state index contributed by atoms with van der Waals surface area (Å²) in [6, 6.07) is 11.9. The van der Waals surface area contributed by atoms with E-state index in [4.69, 9.17) is 33.2 Å². The third kappa shape index (κ3) is 7.63. The van der Waals surface area contributed by atoms with Crippen LogP contribution in [0.5, 0.6) is 0 Å². The van der Waals surface area contributed by atoms with Crippen molar-refractivity contribution in [3.63, 3.8) is 0 Å². The van der Waals surface area contributed by atoms with E-state index < -0.39 is 107 Å². The number of esters is 3. The van der Waals surface area contributed by atoms with E-state index >= 15 is 0 Å². The molecule has 0 unspecified atom stereocenters. The van der Waals surface area contributed by atoms with E-state index in [1.807, 2.05) is 27.7 Å². The van der Waals surface area contributed by atoms with E-state index in [1.54, 1.807) is 62.4 Å². The van der Waals surface area contributed by atoms with Gasteiger partial charge >= 0.3 is 24.0 Å². The topological polar surface area (TPSA) is 202 Å². The monoisotopic (exact) mass is 875 g/mol. The second kappa shape index (κ2) is 16.5. The molecule has 5 fully saturated rings. The fourth-order valence-electron chi connectivity index (χ4n) is 11.3. The van der Waals surface area contributed by atoms with E-state index in [0.717, 1.165) is 19.5 Å². The van der Waals surface area contributed by atoms with Crippen LogP contribution < -0.4 is 5.32 Å². The molecular formula is C47H61N3O13. The molecule has 3 N–H and O–H groups in total. The molecule has 4 heterocycles. The number of aliphatic hydroxyl groups is 2. The molecule has 1 aromatic carbocycles. The Morgan fingerprint density at radius 1 is 1.03 bits per heavy atom. The molecule has 63 heavy (non-hydrogen) atoms. The number of nitrogens with one attached hydrogen (secondary N) is 1. The number of aromatic nitrogens is 1. The maximum Gasteiger partial charge on any atom is 0.408 e. The number of likely N-dealkylation sites (tertiary alicyclic amines) is 1. The van der Waals surface area contributed by atoms with Crippen LogP contribution in [0, 0.1) is 16.7 Å². The number of benzene rings is 1. The van der Waals surface area contributed by atoms with Gasteiger partial charge < -0.3 is 48.7 Å². The zero-order valence-electron chi connectivity index (χ0n) is 37.3. The highest BCUT2D eigenvalue weighted by Crippen LogP contribution is 2.66. The second-order valence-corrected chi connectivity index (χ2v) is 19.4. The van der Waals surface area contributed by atoms with Gasteiger partial charge in [0.2, 0.25) is 0 Å². The first-order valence-electron chi connectivity index (χ1n) is 22.1. The van der Waals surface area contributed by atoms with Crippen LogP contribution in [0.25, 0.3) is 0 Å². The molecule has 6 aliphatic rings. The lowest BCUT2D eigenvalue weighted by Crippen LogP contribution is -2.79. The number of carbonyl (C=O) groups is 4. The van der Waals surface area contributed by atoms with Crippen molar-refractivity contribution in [1.82, 2.24) is 15.2 Å². The van der Waals surface area contributed by atoms with Crippen molar-refractivity contribution in [2.24, 2.45) is 16.7 Å². The second-order valence-electron chi connectivity index (χ2n) is 19.4. The molecule has 342 valence electrons. The molecule has 1 amide bonds. The van der Waals surface area contributed by atoms with E-state index in [0.29, 0.717) is 30.5 Å². The molecule has 16 heteroatoms. The number of rotatable bonds is 11. The van der Waals surface area contributed by atoms with Gasteiger partial charge in [-0.2, -0.15) is 0 Å². The summed E-state index contributed by atoms with van der Waals surface area (Å²) in [5.41, 5.74) is -6.55. The Morgan fingerprint density at radius 2 is 1.75 bits per heavy atom. The lowest BCUT2D eigenvalue weighted by molar-refractivity contribution is -0.345. The zero-order valence-corrected chi connectivity index (χ0v) is 37.3. The van der Waals surface area contributed by atoms with Gasteiger partial charge in [0.05, 0.1) is 36.0 Å². The van der Waals surface area contributed by atoms with Crippen molar-refractivity contribution in [2.75, 3.05) is 26.2 Å². The van der Waals surface area contributed by atoms with Crippen molar-refractivity contribution in [1.29, 1.82) is 0 Å². The maximum absolute atomic E-state index is 14.7. The summed E-state index contributed by atoms with van der Waals surface area (Å²) in [6.45, 7) is 15.7. The molecule has 2 saturated carbocycles. The predicted molar refractivity (Wildman–Crippen MR) is 224 cm³/mol. The van der Waals surface area contributed by atoms with E-state index in [1.165, 1.54) is 20.0 Å². The van der Waals surface area contributed by atoms with Gasteiger partial charge in [-0.05, 0) is 95.5 Å². The average molecular weight is 876 g/mol. The van der Waals surface area contributed by atoms with Crippen LogP contribution in [0.1, 0.15) is 103 Å². The van der Waals surface area contributed by atoms with Gasteiger partial charge in [-0.1, -0.05) is 45.0 Å². The van der Waals surface area contributed by atoms with Crippen molar-refractivity contribution in [2.45, 2.75) is 147 Å². The standard InChI is InChI=1S/C47H61N3O13/c1-26(2)58-42(54)49-37(30-17-12-13-20-48-30)45(8,55)41(53)59-31-23-47(56)39(62-40(52)29-15-10-9-11-16-29)36-44(7,19-18-32-46(36,25-57-32)63-28(4)51)38-35(34(27(31)3)43(47,5)6)60-33(61-38)24-50-21-14-22-50/h9-13,15-17,20,26,31-33,35-39,55-56H,14,18-19,21-25H2,1-8H3,(H,49,54)/t31-,32+,33+,35+,36-,37-,38+,39-,44+,45+,46-,47+/m0/s1. The van der Waals surface area contributed by atoms with Gasteiger partial charge in [0, 0.05) is 36.9 Å². The largest absolute Gasteiger partial charge is 0.456 e. The number of fused-ring (bicyclic) bond motifs is 8. The van der Waals surface area contributed by atoms with Gasteiger partial charge in [-0.15, -0.1) is 0 Å². The van der Waals surface area contributed by atoms with Gasteiger partial charge in [0.1, 0.15) is 36.1 Å². The number of nitrogens with zero attached hydrogens (tertiary/aromatic N) is 2. The molecule has 8 rings (SSSR count). The quantitative estimate of drug-likeness (QED) is 0.161. The first-order valence-corrected chi connectivity index (χ1v) is 22.1. The van der Waals surface area contributed by atoms with E-state index in [-0.39, 0.29) is 24.3 Å². The van der Waals surface area contributed by atoms with Crippen LogP contribution in [0.2, 0.25) is 0 Å². The number of alkyl carbamates (subject to hydrolysis) is 1. The Kier molecular flexibility index (Phi) is 11.8. The zero-order chi connectivity index (χ0) is 45.3. The highest BCUT2D eigenvalue weighted by molar-refractivity contribution is 5.89. The minimum Gasteiger partial charge on any atom is -0.456 e. The highest BCUT2D eigenvalue weighted by atomic mass is 16.7. The number of pyridine rings is 1. The van der Waals surface area contributed by atoms with Crippen LogP contribution in [-0.2, 0) is 42.7 Å². The third-order valence-electron chi connectivity index (χ3n) is 14.7. The lowest BCUT2D eigenvalue weighted by atomic mass is 9.45. The summed E-state index contributed by atoms with van der Waals surface area (Å²) < 4.78 is 44.9. The molecule has 16 nitrogen and oxygen atoms in total. The fourth-order valence-corrected chi connectivity index (χ4v) is 11.3. The number of carbonyl (C=O) groups excluding carboxylic acids is 4. The molecule has 1 aromatic heterocycles. The van der Waals surface area contributed by atoms with Gasteiger partial charge in [0.25, 0.3) is 0 Å². The van der Waals surface area contributed by atoms with E-state index in [9.17, 15) is 29.4 Å². The fraction of sp³-hybridized carbons (Fsp3) is 0.638. The number of amides is 1. The van der Waals surface area contributed by atoms with Gasteiger partial charge in [-0.3, -0.25) is 14.7 Å². The molecule has 3 aliphatic carbocycles. The van der Waals surface area contributed by atoms with Gasteiger partial charge in [0.15, 0.2) is 17.5 Å². The SMILES string of the molecule is CC(=O)O[C@@]12CO[C@@H]1CC[C@@]1(C)[C@@H]3O[C@H](CN4CCC4)O[C@@H]3C3=C(C)[C@@H](OC(=O)[C@](C)(O)[C@@H](NC(=O)OC(C)C)c4ccccn4)C[C@@](O)([C@@H](OC(=O)c4ccccc4)[C@@H]12)C3(C)C. The molecule has 0 radical (unpaired) electrons. The Bertz CT molecular complexity index is 2110. The normalized spacial score (nSPS) is 35.7. The van der Waals surface area contributed by atoms with Crippen LogP contribution in [-0.4, -0.2) is 130 Å². The number of hydrogen-bond donors (Lipinski definition) is 3. The minimum absolute atomic E-state index is 0.0208. The van der Waals surface area contributed by atoms with Gasteiger partial charge in [-0.25, -0.2) is 14.4 Å². The Balaban J connectivity index is 1.28. The van der Waals surface area contributed by atoms with Crippen molar-refractivity contribution in [3.05, 3.63) is 77.1 Å². The molecule has 3 aliphatic heterocycles. The summed E-state index contributed by atoms with van der Waals surface area (Å²) in [5, 5.41) is 28.8. The molecule has 2 bridgehead atoms. The summed E-state index contributed by atoms with van der Waals surface area (Å²) in [6.07, 6.45) is -3.69. The smallest absolute Gasteiger partial charge is 0.408 e. The first-order chi connectivity index (χ1) is 29.7. The lowest BCUT2D eigenvalue weighted by Gasteiger charge is -2.68. The molecule has 0 spiro atoms. The Hall–Kier alpha value is -4.45. The third-order valence-corrected chi connectivity index (χ3v) is 14.7. The van der Waals surface area contributed by atoms with Crippen LogP contribution in [0.4, 0.5) is 4.79 Å². The predicted octanol–water partition coefficient (Wildman–Crippen LogP) is 4.57. The summed E-state index contributed by atoms with van der Waals surface area (Å²) >= 11 is 0. The van der Waals surface area contributed by atoms with Crippen LogP contribution in [0.3, 0.4) is 0 Å². The van der Waals surface area contributed by atoms with E-state index in [2.05, 4.69) is 15.2 Å². The summed E-state index contributed by atoms with van der Waals surface area (Å²) in [5.74, 6) is -3.34. The number of hydrogen-bond acceptors (Lipinski definition) is 15. The Labute approximate surface area is 367 Å². The van der Waals surface area contributed by atoms with Crippen molar-refractivity contribution < 1.29 is 62.5 Å². The van der Waals surface area contributed by atoms with Crippen molar-refractivity contribution in [3.8, 4) is 0 Å². The summed E-state index contributed by atoms with van der Waals surface area (Å²) in [7, 11) is 0. The molecular weight excluding hydrogens is 815 g/mol. The highest BCUT2D eigenvalue weighted by Gasteiger charge is 2.77. The first kappa shape index (κ1) is 45.1. The van der Waals surface area contributed by atoms with Crippen LogP contribution >= 0.6 is 0 Å². The Morgan fingerprint density at radius 3 is 2.35 bits per heavy atom. The maximum atomic E-state index is 14.7. The van der Waals surface area contributed by atoms with Crippen molar-refractivity contribution >= 4 is 24.0 Å². The molecule has 2 aromatic rings.